The van der Waals surface area contributed by atoms with E-state index in [4.69, 9.17) is 17.0 Å². The molecule has 0 spiro atoms. The number of nitro groups is 1. The first-order valence-electron chi connectivity index (χ1n) is 6.83. The highest BCUT2D eigenvalue weighted by molar-refractivity contribution is 7.80. The van der Waals surface area contributed by atoms with E-state index < -0.39 is 0 Å². The molecule has 1 rings (SSSR count). The number of nitrogens with one attached hydrogen (secondary N) is 2. The van der Waals surface area contributed by atoms with Gasteiger partial charge in [0.05, 0.1) is 17.7 Å². The number of hydrogen-bond donors (Lipinski definition) is 2. The molecule has 7 nitrogen and oxygen atoms in total. The SMILES string of the molecule is CCc1ccc(/C=N\NC(=S)N[C@H](C)COC)cc1[N+](=O)[O-]. The van der Waals surface area contributed by atoms with E-state index >= 15 is 0 Å². The van der Waals surface area contributed by atoms with Crippen molar-refractivity contribution in [3.8, 4) is 0 Å². The van der Waals surface area contributed by atoms with Gasteiger partial charge in [-0.2, -0.15) is 5.10 Å². The number of thiocarbonyl (C=S) groups is 1. The normalized spacial score (nSPS) is 12.1. The number of hydrogen-bond acceptors (Lipinski definition) is 5. The van der Waals surface area contributed by atoms with Crippen LogP contribution in [0.25, 0.3) is 0 Å². The zero-order valence-electron chi connectivity index (χ0n) is 12.8. The molecule has 1 aromatic carbocycles. The van der Waals surface area contributed by atoms with Crippen LogP contribution < -0.4 is 10.7 Å². The molecule has 0 saturated heterocycles. The summed E-state index contributed by atoms with van der Waals surface area (Å²) in [4.78, 5) is 10.6. The summed E-state index contributed by atoms with van der Waals surface area (Å²) in [6, 6.07) is 5.07. The zero-order chi connectivity index (χ0) is 16.5. The van der Waals surface area contributed by atoms with E-state index in [0.29, 0.717) is 29.3 Å². The molecule has 8 heteroatoms. The number of rotatable bonds is 7. The quantitative estimate of drug-likeness (QED) is 0.345. The van der Waals surface area contributed by atoms with Crippen LogP contribution in [0, 0.1) is 10.1 Å². The average Bonchev–Trinajstić information content (AvgIpc) is 2.47. The molecule has 120 valence electrons. The van der Waals surface area contributed by atoms with Gasteiger partial charge in [0.2, 0.25) is 0 Å². The monoisotopic (exact) mass is 324 g/mol. The van der Waals surface area contributed by atoms with Crippen LogP contribution in [0.2, 0.25) is 0 Å². The van der Waals surface area contributed by atoms with Gasteiger partial charge in [-0.3, -0.25) is 15.5 Å². The second-order valence-electron chi connectivity index (χ2n) is 4.70. The van der Waals surface area contributed by atoms with Crippen molar-refractivity contribution in [1.29, 1.82) is 0 Å². The van der Waals surface area contributed by atoms with Crippen LogP contribution in [0.4, 0.5) is 5.69 Å². The molecule has 0 fully saturated rings. The van der Waals surface area contributed by atoms with E-state index in [9.17, 15) is 10.1 Å². The van der Waals surface area contributed by atoms with Crippen LogP contribution in [0.3, 0.4) is 0 Å². The minimum absolute atomic E-state index is 0.0603. The maximum Gasteiger partial charge on any atom is 0.273 e. The Kier molecular flexibility index (Phi) is 7.41. The summed E-state index contributed by atoms with van der Waals surface area (Å²) in [6.07, 6.45) is 2.10. The van der Waals surface area contributed by atoms with Crippen molar-refractivity contribution in [3.63, 3.8) is 0 Å². The lowest BCUT2D eigenvalue weighted by Gasteiger charge is -2.13. The molecule has 0 aliphatic heterocycles. The van der Waals surface area contributed by atoms with Crippen molar-refractivity contribution < 1.29 is 9.66 Å². The van der Waals surface area contributed by atoms with Crippen molar-refractivity contribution in [1.82, 2.24) is 10.7 Å². The Labute approximate surface area is 134 Å². The van der Waals surface area contributed by atoms with Gasteiger partial charge in [-0.25, -0.2) is 0 Å². The van der Waals surface area contributed by atoms with E-state index in [1.807, 2.05) is 13.8 Å². The highest BCUT2D eigenvalue weighted by Gasteiger charge is 2.12. The molecular weight excluding hydrogens is 304 g/mol. The molecule has 0 amide bonds. The smallest absolute Gasteiger partial charge is 0.273 e. The van der Waals surface area contributed by atoms with Crippen LogP contribution in [-0.2, 0) is 11.2 Å². The highest BCUT2D eigenvalue weighted by Crippen LogP contribution is 2.19. The van der Waals surface area contributed by atoms with Crippen LogP contribution in [0.5, 0.6) is 0 Å². The van der Waals surface area contributed by atoms with Crippen LogP contribution >= 0.6 is 12.2 Å². The Morgan fingerprint density at radius 1 is 1.59 bits per heavy atom. The van der Waals surface area contributed by atoms with Gasteiger partial charge < -0.3 is 10.1 Å². The Hall–Kier alpha value is -2.06. The van der Waals surface area contributed by atoms with Crippen molar-refractivity contribution >= 4 is 29.2 Å². The lowest BCUT2D eigenvalue weighted by Crippen LogP contribution is -2.40. The van der Waals surface area contributed by atoms with Crippen LogP contribution in [-0.4, -0.2) is 36.0 Å². The van der Waals surface area contributed by atoms with E-state index in [0.717, 1.165) is 0 Å². The Bertz CT molecular complexity index is 563. The molecule has 0 aromatic heterocycles. The van der Waals surface area contributed by atoms with E-state index in [1.165, 1.54) is 12.3 Å². The molecule has 0 unspecified atom stereocenters. The molecule has 0 heterocycles. The fourth-order valence-electron chi connectivity index (χ4n) is 1.84. The number of benzene rings is 1. The van der Waals surface area contributed by atoms with Gasteiger partial charge in [-0.05, 0) is 25.6 Å². The van der Waals surface area contributed by atoms with E-state index in [-0.39, 0.29) is 16.7 Å². The number of methoxy groups -OCH3 is 1. The molecule has 0 bridgehead atoms. The second-order valence-corrected chi connectivity index (χ2v) is 5.11. The van der Waals surface area contributed by atoms with Gasteiger partial charge in [-0.1, -0.05) is 19.1 Å². The number of nitrogens with zero attached hydrogens (tertiary/aromatic N) is 2. The summed E-state index contributed by atoms with van der Waals surface area (Å²) >= 11 is 5.07. The van der Waals surface area contributed by atoms with Gasteiger partial charge in [0, 0.05) is 30.3 Å². The third-order valence-electron chi connectivity index (χ3n) is 2.86. The Balaban J connectivity index is 2.65. The lowest BCUT2D eigenvalue weighted by atomic mass is 10.1. The molecule has 0 aliphatic carbocycles. The minimum Gasteiger partial charge on any atom is -0.383 e. The topological polar surface area (TPSA) is 88.8 Å². The third kappa shape index (κ3) is 5.74. The van der Waals surface area contributed by atoms with Gasteiger partial charge >= 0.3 is 0 Å². The van der Waals surface area contributed by atoms with Crippen LogP contribution in [0.1, 0.15) is 25.0 Å². The maximum atomic E-state index is 11.0. The summed E-state index contributed by atoms with van der Waals surface area (Å²) in [5.74, 6) is 0. The van der Waals surface area contributed by atoms with Gasteiger partial charge in [0.25, 0.3) is 5.69 Å². The molecule has 0 saturated carbocycles. The molecule has 0 aliphatic rings. The summed E-state index contributed by atoms with van der Waals surface area (Å²) in [6.45, 7) is 4.33. The zero-order valence-corrected chi connectivity index (χ0v) is 13.6. The third-order valence-corrected chi connectivity index (χ3v) is 3.07. The average molecular weight is 324 g/mol. The Morgan fingerprint density at radius 2 is 2.32 bits per heavy atom. The summed E-state index contributed by atoms with van der Waals surface area (Å²) in [7, 11) is 1.61. The van der Waals surface area contributed by atoms with E-state index in [2.05, 4.69) is 15.8 Å². The summed E-state index contributed by atoms with van der Waals surface area (Å²) < 4.78 is 4.98. The molecule has 22 heavy (non-hydrogen) atoms. The molecule has 1 atom stereocenters. The second kappa shape index (κ2) is 9.06. The van der Waals surface area contributed by atoms with Gasteiger partial charge in [0.1, 0.15) is 0 Å². The van der Waals surface area contributed by atoms with Crippen molar-refractivity contribution in [2.75, 3.05) is 13.7 Å². The summed E-state index contributed by atoms with van der Waals surface area (Å²) in [5, 5.41) is 18.3. The minimum atomic E-state index is -0.387. The fourth-order valence-corrected chi connectivity index (χ4v) is 2.10. The molecule has 1 aromatic rings. The first kappa shape index (κ1) is 18.0. The van der Waals surface area contributed by atoms with E-state index in [1.54, 1.807) is 19.2 Å². The lowest BCUT2D eigenvalue weighted by molar-refractivity contribution is -0.385. The highest BCUT2D eigenvalue weighted by atomic mass is 32.1. The van der Waals surface area contributed by atoms with Crippen molar-refractivity contribution in [3.05, 3.63) is 39.4 Å². The maximum absolute atomic E-state index is 11.0. The summed E-state index contributed by atoms with van der Waals surface area (Å²) in [5.41, 5.74) is 4.08. The predicted molar refractivity (Wildman–Crippen MR) is 90.3 cm³/mol. The fraction of sp³-hybridized carbons (Fsp3) is 0.429. The molecule has 0 radical (unpaired) electrons. The first-order valence-corrected chi connectivity index (χ1v) is 7.24. The van der Waals surface area contributed by atoms with Gasteiger partial charge in [0.15, 0.2) is 5.11 Å². The number of hydrazone groups is 1. The largest absolute Gasteiger partial charge is 0.383 e. The predicted octanol–water partition coefficient (Wildman–Crippen LogP) is 1.99. The molecule has 2 N–H and O–H groups in total. The van der Waals surface area contributed by atoms with Crippen molar-refractivity contribution in [2.45, 2.75) is 26.3 Å². The number of nitro benzene ring substituents is 1. The van der Waals surface area contributed by atoms with Crippen LogP contribution in [0.15, 0.2) is 23.3 Å². The molecular formula is C14H20N4O3S. The number of ether oxygens (including phenoxy) is 1. The standard InChI is InChI=1S/C14H20N4O3S/c1-4-12-6-5-11(7-13(12)18(19)20)8-15-17-14(22)16-10(2)9-21-3/h5-8,10H,4,9H2,1-3H3,(H2,16,17,22)/b15-8-/t10-/m1/s1. The van der Waals surface area contributed by atoms with Gasteiger partial charge in [-0.15, -0.1) is 0 Å². The Morgan fingerprint density at radius 3 is 2.91 bits per heavy atom. The van der Waals surface area contributed by atoms with Crippen molar-refractivity contribution in [2.24, 2.45) is 5.10 Å². The first-order chi connectivity index (χ1) is 10.5. The number of aryl methyl sites for hydroxylation is 1.